The second-order valence-corrected chi connectivity index (χ2v) is 6.64. The summed E-state index contributed by atoms with van der Waals surface area (Å²) < 4.78 is 7.50. The molecule has 0 atom stereocenters. The molecule has 22 heavy (non-hydrogen) atoms. The second-order valence-electron chi connectivity index (χ2n) is 4.48. The third-order valence-corrected chi connectivity index (χ3v) is 4.04. The number of benzene rings is 2. The van der Waals surface area contributed by atoms with E-state index in [0.29, 0.717) is 5.75 Å². The molecule has 2 rings (SSSR count). The maximum atomic E-state index is 11.7. The van der Waals surface area contributed by atoms with E-state index in [2.05, 4.69) is 49.0 Å². The van der Waals surface area contributed by atoms with Gasteiger partial charge in [-0.1, -0.05) is 28.1 Å². The fraction of sp³-hybridized carbons (Fsp3) is 0.125. The summed E-state index contributed by atoms with van der Waals surface area (Å²) in [7, 11) is 0. The number of carbonyl (C=O) groups is 1. The summed E-state index contributed by atoms with van der Waals surface area (Å²) in [4.78, 5) is 11.7. The first-order chi connectivity index (χ1) is 10.5. The number of carbonyl (C=O) groups excluding carboxylic acids is 1. The van der Waals surface area contributed by atoms with Gasteiger partial charge in [-0.15, -0.1) is 0 Å². The molecular formula is C16H14BrIN2O2. The van der Waals surface area contributed by atoms with Crippen molar-refractivity contribution < 1.29 is 9.53 Å². The molecule has 0 fully saturated rings. The third kappa shape index (κ3) is 5.42. The molecule has 0 heterocycles. The van der Waals surface area contributed by atoms with Crippen LogP contribution < -0.4 is 10.2 Å². The molecule has 0 saturated heterocycles. The van der Waals surface area contributed by atoms with Gasteiger partial charge in [0.2, 0.25) is 0 Å². The van der Waals surface area contributed by atoms with Crippen LogP contribution in [0.1, 0.15) is 12.5 Å². The van der Waals surface area contributed by atoms with E-state index in [1.807, 2.05) is 55.5 Å². The third-order valence-electron chi connectivity index (χ3n) is 2.79. The van der Waals surface area contributed by atoms with Gasteiger partial charge in [0.05, 0.1) is 5.71 Å². The molecule has 0 saturated carbocycles. The quantitative estimate of drug-likeness (QED) is 0.406. The van der Waals surface area contributed by atoms with Crippen LogP contribution in [0.2, 0.25) is 0 Å². The van der Waals surface area contributed by atoms with Crippen molar-refractivity contribution in [1.82, 2.24) is 5.43 Å². The number of hydrogen-bond acceptors (Lipinski definition) is 3. The largest absolute Gasteiger partial charge is 0.484 e. The molecule has 2 aromatic carbocycles. The van der Waals surface area contributed by atoms with Gasteiger partial charge in [0.15, 0.2) is 6.61 Å². The first-order valence-electron chi connectivity index (χ1n) is 6.52. The van der Waals surface area contributed by atoms with Gasteiger partial charge in [-0.05, 0) is 71.5 Å². The van der Waals surface area contributed by atoms with Gasteiger partial charge in [-0.25, -0.2) is 5.43 Å². The van der Waals surface area contributed by atoms with Gasteiger partial charge < -0.3 is 4.74 Å². The average Bonchev–Trinajstić information content (AvgIpc) is 2.52. The standard InChI is InChI=1S/C16H14BrIN2O2/c1-11(12-2-4-13(17)5-3-12)19-20-16(21)10-22-15-8-6-14(18)7-9-15/h2-9H,10H2,1H3,(H,20,21)/b19-11+. The number of hydrazone groups is 1. The molecule has 0 radical (unpaired) electrons. The average molecular weight is 473 g/mol. The monoisotopic (exact) mass is 472 g/mol. The lowest BCUT2D eigenvalue weighted by Crippen LogP contribution is -2.25. The number of amides is 1. The van der Waals surface area contributed by atoms with E-state index < -0.39 is 0 Å². The first-order valence-corrected chi connectivity index (χ1v) is 8.39. The minimum atomic E-state index is -0.296. The topological polar surface area (TPSA) is 50.7 Å². The van der Waals surface area contributed by atoms with Gasteiger partial charge in [-0.2, -0.15) is 5.10 Å². The van der Waals surface area contributed by atoms with Crippen LogP contribution >= 0.6 is 38.5 Å². The fourth-order valence-electron chi connectivity index (χ4n) is 1.61. The van der Waals surface area contributed by atoms with Gasteiger partial charge >= 0.3 is 0 Å². The number of nitrogens with one attached hydrogen (secondary N) is 1. The molecule has 0 aliphatic rings. The minimum Gasteiger partial charge on any atom is -0.484 e. The molecule has 0 aromatic heterocycles. The molecule has 0 aliphatic heterocycles. The van der Waals surface area contributed by atoms with Crippen molar-refractivity contribution in [3.05, 3.63) is 62.1 Å². The Balaban J connectivity index is 1.85. The molecular weight excluding hydrogens is 459 g/mol. The van der Waals surface area contributed by atoms with Crippen LogP contribution in [0.4, 0.5) is 0 Å². The molecule has 0 unspecified atom stereocenters. The number of hydrogen-bond donors (Lipinski definition) is 1. The highest BCUT2D eigenvalue weighted by Gasteiger charge is 2.03. The molecule has 0 spiro atoms. The first kappa shape index (κ1) is 17.0. The summed E-state index contributed by atoms with van der Waals surface area (Å²) in [6.07, 6.45) is 0. The highest BCUT2D eigenvalue weighted by Crippen LogP contribution is 2.13. The van der Waals surface area contributed by atoms with Crippen LogP contribution in [-0.4, -0.2) is 18.2 Å². The summed E-state index contributed by atoms with van der Waals surface area (Å²) in [5.41, 5.74) is 4.17. The summed E-state index contributed by atoms with van der Waals surface area (Å²) >= 11 is 5.59. The SMILES string of the molecule is C/C(=N\NC(=O)COc1ccc(I)cc1)c1ccc(Br)cc1. The second kappa shape index (κ2) is 8.28. The molecule has 1 N–H and O–H groups in total. The Kier molecular flexibility index (Phi) is 6.38. The predicted molar refractivity (Wildman–Crippen MR) is 99.1 cm³/mol. The van der Waals surface area contributed by atoms with Crippen LogP contribution in [0.5, 0.6) is 5.75 Å². The van der Waals surface area contributed by atoms with E-state index in [1.165, 1.54) is 0 Å². The fourth-order valence-corrected chi connectivity index (χ4v) is 2.24. The van der Waals surface area contributed by atoms with Gasteiger partial charge in [0.1, 0.15) is 5.75 Å². The van der Waals surface area contributed by atoms with Crippen molar-refractivity contribution in [3.63, 3.8) is 0 Å². The molecule has 2 aromatic rings. The zero-order chi connectivity index (χ0) is 15.9. The smallest absolute Gasteiger partial charge is 0.277 e. The zero-order valence-electron chi connectivity index (χ0n) is 11.8. The lowest BCUT2D eigenvalue weighted by atomic mass is 10.1. The van der Waals surface area contributed by atoms with Crippen LogP contribution in [0.15, 0.2) is 58.1 Å². The Bertz CT molecular complexity index is 670. The Morgan fingerprint density at radius 1 is 1.18 bits per heavy atom. The predicted octanol–water partition coefficient (Wildman–Crippen LogP) is 3.97. The lowest BCUT2D eigenvalue weighted by molar-refractivity contribution is -0.123. The molecule has 6 heteroatoms. The zero-order valence-corrected chi connectivity index (χ0v) is 15.6. The van der Waals surface area contributed by atoms with E-state index in [4.69, 9.17) is 4.74 Å². The number of halogens is 2. The molecule has 4 nitrogen and oxygen atoms in total. The van der Waals surface area contributed by atoms with Crippen LogP contribution in [0.25, 0.3) is 0 Å². The number of nitrogens with zero attached hydrogens (tertiary/aromatic N) is 1. The van der Waals surface area contributed by atoms with Crippen LogP contribution in [0.3, 0.4) is 0 Å². The Morgan fingerprint density at radius 2 is 1.82 bits per heavy atom. The van der Waals surface area contributed by atoms with Crippen LogP contribution in [0, 0.1) is 3.57 Å². The number of ether oxygens (including phenoxy) is 1. The molecule has 0 bridgehead atoms. The normalized spacial score (nSPS) is 11.1. The van der Waals surface area contributed by atoms with E-state index in [-0.39, 0.29) is 12.5 Å². The summed E-state index contributed by atoms with van der Waals surface area (Å²) in [5.74, 6) is 0.360. The highest BCUT2D eigenvalue weighted by atomic mass is 127. The summed E-state index contributed by atoms with van der Waals surface area (Å²) in [5, 5.41) is 4.07. The van der Waals surface area contributed by atoms with Crippen molar-refractivity contribution in [1.29, 1.82) is 0 Å². The molecule has 1 amide bonds. The maximum absolute atomic E-state index is 11.7. The van der Waals surface area contributed by atoms with E-state index in [1.54, 1.807) is 0 Å². The van der Waals surface area contributed by atoms with Crippen molar-refractivity contribution in [2.24, 2.45) is 5.10 Å². The summed E-state index contributed by atoms with van der Waals surface area (Å²) in [6.45, 7) is 1.77. The Morgan fingerprint density at radius 3 is 2.45 bits per heavy atom. The van der Waals surface area contributed by atoms with Crippen LogP contribution in [-0.2, 0) is 4.79 Å². The lowest BCUT2D eigenvalue weighted by Gasteiger charge is -2.06. The van der Waals surface area contributed by atoms with Gasteiger partial charge in [0.25, 0.3) is 5.91 Å². The molecule has 114 valence electrons. The van der Waals surface area contributed by atoms with E-state index in [9.17, 15) is 4.79 Å². The Labute approximate surface area is 151 Å². The van der Waals surface area contributed by atoms with Crippen molar-refractivity contribution in [3.8, 4) is 5.75 Å². The highest BCUT2D eigenvalue weighted by molar-refractivity contribution is 14.1. The van der Waals surface area contributed by atoms with Gasteiger partial charge in [-0.3, -0.25) is 4.79 Å². The van der Waals surface area contributed by atoms with Crippen molar-refractivity contribution in [2.75, 3.05) is 6.61 Å². The van der Waals surface area contributed by atoms with Crippen molar-refractivity contribution in [2.45, 2.75) is 6.92 Å². The van der Waals surface area contributed by atoms with E-state index >= 15 is 0 Å². The van der Waals surface area contributed by atoms with Crippen molar-refractivity contribution >= 4 is 50.1 Å². The van der Waals surface area contributed by atoms with E-state index in [0.717, 1.165) is 19.3 Å². The molecule has 0 aliphatic carbocycles. The minimum absolute atomic E-state index is 0.0717. The maximum Gasteiger partial charge on any atom is 0.277 e. The summed E-state index contributed by atoms with van der Waals surface area (Å²) in [6, 6.07) is 15.2. The van der Waals surface area contributed by atoms with Gasteiger partial charge in [0, 0.05) is 8.04 Å². The number of rotatable bonds is 5. The Hall–Kier alpha value is -1.41.